The van der Waals surface area contributed by atoms with Crippen molar-refractivity contribution in [3.8, 4) is 22.3 Å². The molecule has 4 aromatic carbocycles. The smallest absolute Gasteiger partial charge is 0.0598 e. The van der Waals surface area contributed by atoms with E-state index in [1.165, 1.54) is 10.9 Å². The van der Waals surface area contributed by atoms with Gasteiger partial charge in [-0.2, -0.15) is 0 Å². The van der Waals surface area contributed by atoms with E-state index in [4.69, 9.17) is 23.2 Å². The second-order valence-electron chi connectivity index (χ2n) is 6.14. The van der Waals surface area contributed by atoms with Gasteiger partial charge in [-0.05, 0) is 64.2 Å². The van der Waals surface area contributed by atoms with E-state index >= 15 is 0 Å². The van der Waals surface area contributed by atoms with Crippen LogP contribution in [0, 0.1) is 13.0 Å². The summed E-state index contributed by atoms with van der Waals surface area (Å²) >= 11 is 12.3. The average molecular weight is 362 g/mol. The molecule has 4 rings (SSSR count). The molecule has 0 aliphatic carbocycles. The van der Waals surface area contributed by atoms with Crippen molar-refractivity contribution in [3.05, 3.63) is 94.5 Å². The average Bonchev–Trinajstić information content (AvgIpc) is 2.64. The zero-order valence-corrected chi connectivity index (χ0v) is 15.2. The Morgan fingerprint density at radius 3 is 2.20 bits per heavy atom. The maximum Gasteiger partial charge on any atom is 0.0598 e. The van der Waals surface area contributed by atoms with Crippen LogP contribution in [0.25, 0.3) is 33.0 Å². The third-order valence-electron chi connectivity index (χ3n) is 4.36. The first-order valence-corrected chi connectivity index (χ1v) is 8.85. The summed E-state index contributed by atoms with van der Waals surface area (Å²) in [6.45, 7) is 2.09. The van der Waals surface area contributed by atoms with Gasteiger partial charge in [-0.15, -0.1) is 0 Å². The van der Waals surface area contributed by atoms with Crippen molar-refractivity contribution < 1.29 is 0 Å². The SMILES string of the molecule is Cc1ccc(-c2[c]c(-c3ccc(Cl)c(Cl)c3)c3ccccc3c2)cc1. The van der Waals surface area contributed by atoms with Gasteiger partial charge in [0.05, 0.1) is 10.0 Å². The van der Waals surface area contributed by atoms with E-state index in [-0.39, 0.29) is 0 Å². The predicted molar refractivity (Wildman–Crippen MR) is 108 cm³/mol. The number of hydrogen-bond donors (Lipinski definition) is 0. The second-order valence-corrected chi connectivity index (χ2v) is 6.95. The first kappa shape index (κ1) is 16.2. The number of benzene rings is 4. The molecule has 0 unspecified atom stereocenters. The second kappa shape index (κ2) is 6.55. The van der Waals surface area contributed by atoms with Crippen LogP contribution < -0.4 is 0 Å². The van der Waals surface area contributed by atoms with Gasteiger partial charge in [-0.1, -0.05) is 83.4 Å². The summed E-state index contributed by atoms with van der Waals surface area (Å²) in [6, 6.07) is 28.3. The number of fused-ring (bicyclic) bond motifs is 1. The third-order valence-corrected chi connectivity index (χ3v) is 5.10. The van der Waals surface area contributed by atoms with Crippen molar-refractivity contribution in [1.82, 2.24) is 0 Å². The van der Waals surface area contributed by atoms with Gasteiger partial charge in [-0.25, -0.2) is 0 Å². The highest BCUT2D eigenvalue weighted by atomic mass is 35.5. The maximum absolute atomic E-state index is 6.24. The topological polar surface area (TPSA) is 0 Å². The van der Waals surface area contributed by atoms with Gasteiger partial charge in [0.1, 0.15) is 0 Å². The molecule has 0 saturated carbocycles. The molecule has 0 bridgehead atoms. The van der Waals surface area contributed by atoms with Crippen LogP contribution in [0.5, 0.6) is 0 Å². The van der Waals surface area contributed by atoms with Crippen LogP contribution in [0.4, 0.5) is 0 Å². The Kier molecular flexibility index (Phi) is 4.25. The van der Waals surface area contributed by atoms with E-state index in [0.717, 1.165) is 27.6 Å². The molecular formula is C23H15Cl2. The van der Waals surface area contributed by atoms with Crippen molar-refractivity contribution >= 4 is 34.0 Å². The molecule has 25 heavy (non-hydrogen) atoms. The van der Waals surface area contributed by atoms with Crippen LogP contribution in [-0.4, -0.2) is 0 Å². The van der Waals surface area contributed by atoms with E-state index in [0.29, 0.717) is 10.0 Å². The highest BCUT2D eigenvalue weighted by Gasteiger charge is 2.10. The molecule has 121 valence electrons. The molecule has 0 amide bonds. The molecule has 0 saturated heterocycles. The predicted octanol–water partition coefficient (Wildman–Crippen LogP) is 7.59. The van der Waals surface area contributed by atoms with Crippen LogP contribution >= 0.6 is 23.2 Å². The first-order chi connectivity index (χ1) is 12.1. The van der Waals surface area contributed by atoms with E-state index in [9.17, 15) is 0 Å². The van der Waals surface area contributed by atoms with E-state index < -0.39 is 0 Å². The molecule has 1 radical (unpaired) electrons. The lowest BCUT2D eigenvalue weighted by Crippen LogP contribution is -1.87. The highest BCUT2D eigenvalue weighted by molar-refractivity contribution is 6.42. The molecule has 0 aliphatic rings. The minimum absolute atomic E-state index is 0.553. The van der Waals surface area contributed by atoms with Gasteiger partial charge in [0.2, 0.25) is 0 Å². The Bertz CT molecular complexity index is 1060. The lowest BCUT2D eigenvalue weighted by atomic mass is 9.93. The van der Waals surface area contributed by atoms with Gasteiger partial charge >= 0.3 is 0 Å². The van der Waals surface area contributed by atoms with Gasteiger partial charge in [-0.3, -0.25) is 0 Å². The minimum atomic E-state index is 0.553. The summed E-state index contributed by atoms with van der Waals surface area (Å²) in [5.74, 6) is 0. The van der Waals surface area contributed by atoms with E-state index in [2.05, 4.69) is 61.5 Å². The van der Waals surface area contributed by atoms with E-state index in [1.54, 1.807) is 0 Å². The summed E-state index contributed by atoms with van der Waals surface area (Å²) in [5.41, 5.74) is 5.51. The quantitative estimate of drug-likeness (QED) is 0.345. The molecule has 2 heteroatoms. The summed E-state index contributed by atoms with van der Waals surface area (Å²) in [7, 11) is 0. The fourth-order valence-electron chi connectivity index (χ4n) is 3.01. The highest BCUT2D eigenvalue weighted by Crippen LogP contribution is 2.36. The Morgan fingerprint density at radius 1 is 0.720 bits per heavy atom. The molecule has 4 aromatic rings. The molecule has 0 nitrogen and oxygen atoms in total. The largest absolute Gasteiger partial charge is 0.0827 e. The zero-order chi connectivity index (χ0) is 17.4. The zero-order valence-electron chi connectivity index (χ0n) is 13.7. The van der Waals surface area contributed by atoms with Crippen molar-refractivity contribution in [2.45, 2.75) is 6.92 Å². The van der Waals surface area contributed by atoms with Gasteiger partial charge in [0, 0.05) is 0 Å². The molecule has 0 N–H and O–H groups in total. The lowest BCUT2D eigenvalue weighted by Gasteiger charge is -2.11. The Balaban J connectivity index is 1.98. The minimum Gasteiger partial charge on any atom is -0.0827 e. The fourth-order valence-corrected chi connectivity index (χ4v) is 3.31. The van der Waals surface area contributed by atoms with Crippen LogP contribution in [0.15, 0.2) is 72.8 Å². The molecular weight excluding hydrogens is 347 g/mol. The molecule has 0 fully saturated rings. The molecule has 0 aromatic heterocycles. The van der Waals surface area contributed by atoms with Crippen LogP contribution in [0.2, 0.25) is 10.0 Å². The van der Waals surface area contributed by atoms with Crippen LogP contribution in [-0.2, 0) is 0 Å². The Morgan fingerprint density at radius 2 is 1.44 bits per heavy atom. The maximum atomic E-state index is 6.24. The molecule has 0 atom stereocenters. The fraction of sp³-hybridized carbons (Fsp3) is 0.0435. The van der Waals surface area contributed by atoms with Gasteiger partial charge < -0.3 is 0 Å². The summed E-state index contributed by atoms with van der Waals surface area (Å²) in [5, 5.41) is 3.44. The van der Waals surface area contributed by atoms with Gasteiger partial charge in [0.25, 0.3) is 0 Å². The number of rotatable bonds is 2. The monoisotopic (exact) mass is 361 g/mol. The molecule has 0 heterocycles. The standard InChI is InChI=1S/C23H15Cl2/c1-15-6-8-16(9-7-15)19-12-17-4-2-3-5-20(17)21(13-19)18-10-11-22(24)23(25)14-18/h2-12,14H,1H3. The molecule has 0 spiro atoms. The van der Waals surface area contributed by atoms with Crippen molar-refractivity contribution in [3.63, 3.8) is 0 Å². The summed E-state index contributed by atoms with van der Waals surface area (Å²) in [6.07, 6.45) is 0. The van der Waals surface area contributed by atoms with Crippen LogP contribution in [0.1, 0.15) is 5.56 Å². The molecule has 0 aliphatic heterocycles. The van der Waals surface area contributed by atoms with Crippen molar-refractivity contribution in [2.75, 3.05) is 0 Å². The summed E-state index contributed by atoms with van der Waals surface area (Å²) in [4.78, 5) is 0. The lowest BCUT2D eigenvalue weighted by molar-refractivity contribution is 1.47. The Labute approximate surface area is 157 Å². The van der Waals surface area contributed by atoms with Gasteiger partial charge in [0.15, 0.2) is 0 Å². The number of aryl methyl sites for hydroxylation is 1. The number of halogens is 2. The summed E-state index contributed by atoms with van der Waals surface area (Å²) < 4.78 is 0. The van der Waals surface area contributed by atoms with Crippen molar-refractivity contribution in [1.29, 1.82) is 0 Å². The Hall–Kier alpha value is -2.28. The van der Waals surface area contributed by atoms with Crippen molar-refractivity contribution in [2.24, 2.45) is 0 Å². The first-order valence-electron chi connectivity index (χ1n) is 8.09. The normalized spacial score (nSPS) is 11.0. The third kappa shape index (κ3) is 3.16. The van der Waals surface area contributed by atoms with E-state index in [1.807, 2.05) is 24.3 Å². The van der Waals surface area contributed by atoms with Crippen LogP contribution in [0.3, 0.4) is 0 Å². The number of hydrogen-bond acceptors (Lipinski definition) is 0.